The lowest BCUT2D eigenvalue weighted by Gasteiger charge is -2.19. The zero-order valence-corrected chi connectivity index (χ0v) is 10.0. The number of aliphatic hydroxyl groups excluding tert-OH is 1. The first kappa shape index (κ1) is 14.4. The molecule has 1 aromatic rings. The summed E-state index contributed by atoms with van der Waals surface area (Å²) in [4.78, 5) is 13.0. The summed E-state index contributed by atoms with van der Waals surface area (Å²) >= 11 is 0. The number of rotatable bonds is 6. The van der Waals surface area contributed by atoms with Crippen molar-refractivity contribution >= 4 is 5.91 Å². The number of likely N-dealkylation sites (N-methyl/N-ethyl adjacent to an activating group) is 1. The number of hydrogen-bond donors (Lipinski definition) is 1. The molecule has 0 saturated heterocycles. The van der Waals surface area contributed by atoms with Crippen molar-refractivity contribution in [1.82, 2.24) is 4.90 Å². The molecule has 0 heterocycles. The summed E-state index contributed by atoms with van der Waals surface area (Å²) in [6.07, 6.45) is 0. The molecule has 1 rings (SSSR count). The summed E-state index contributed by atoms with van der Waals surface area (Å²) in [5, 5.41) is 8.74. The van der Waals surface area contributed by atoms with Crippen LogP contribution in [0.25, 0.3) is 0 Å². The second kappa shape index (κ2) is 6.90. The molecule has 18 heavy (non-hydrogen) atoms. The first-order chi connectivity index (χ1) is 8.58. The molecule has 1 N–H and O–H groups in total. The van der Waals surface area contributed by atoms with E-state index in [1.54, 1.807) is 6.92 Å². The van der Waals surface area contributed by atoms with Gasteiger partial charge in [0.15, 0.2) is 18.2 Å². The van der Waals surface area contributed by atoms with Gasteiger partial charge in [-0.3, -0.25) is 4.79 Å². The highest BCUT2D eigenvalue weighted by atomic mass is 19.1. The van der Waals surface area contributed by atoms with Crippen LogP contribution in [0.3, 0.4) is 0 Å². The van der Waals surface area contributed by atoms with Gasteiger partial charge >= 0.3 is 0 Å². The summed E-state index contributed by atoms with van der Waals surface area (Å²) in [6.45, 7) is 1.88. The number of amides is 1. The molecule has 0 fully saturated rings. The van der Waals surface area contributed by atoms with Crippen molar-refractivity contribution in [1.29, 1.82) is 0 Å². The highest BCUT2D eigenvalue weighted by Gasteiger charge is 2.13. The average Bonchev–Trinajstić information content (AvgIpc) is 2.34. The Kier molecular flexibility index (Phi) is 5.51. The molecule has 1 aromatic carbocycles. The zero-order chi connectivity index (χ0) is 13.5. The Morgan fingerprint density at radius 2 is 2.17 bits per heavy atom. The van der Waals surface area contributed by atoms with E-state index in [0.29, 0.717) is 12.6 Å². The van der Waals surface area contributed by atoms with E-state index >= 15 is 0 Å². The lowest BCUT2D eigenvalue weighted by molar-refractivity contribution is -0.133. The third kappa shape index (κ3) is 3.96. The largest absolute Gasteiger partial charge is 0.481 e. The first-order valence-electron chi connectivity index (χ1n) is 5.55. The van der Waals surface area contributed by atoms with Gasteiger partial charge < -0.3 is 14.7 Å². The van der Waals surface area contributed by atoms with Gasteiger partial charge in [-0.25, -0.2) is 8.78 Å². The zero-order valence-electron chi connectivity index (χ0n) is 10.0. The van der Waals surface area contributed by atoms with Crippen LogP contribution in [0.1, 0.15) is 6.92 Å². The van der Waals surface area contributed by atoms with Crippen LogP contribution in [-0.2, 0) is 4.79 Å². The smallest absolute Gasteiger partial charge is 0.260 e. The minimum atomic E-state index is -0.854. The van der Waals surface area contributed by atoms with Gasteiger partial charge in [0.2, 0.25) is 0 Å². The van der Waals surface area contributed by atoms with Crippen LogP contribution in [-0.4, -0.2) is 42.2 Å². The molecule has 0 unspecified atom stereocenters. The summed E-state index contributed by atoms with van der Waals surface area (Å²) in [7, 11) is 0. The van der Waals surface area contributed by atoms with Gasteiger partial charge in [-0.05, 0) is 19.1 Å². The Morgan fingerprint density at radius 3 is 2.72 bits per heavy atom. The molecule has 0 aliphatic carbocycles. The Hall–Kier alpha value is -1.69. The van der Waals surface area contributed by atoms with Gasteiger partial charge in [0.05, 0.1) is 6.61 Å². The summed E-state index contributed by atoms with van der Waals surface area (Å²) in [6, 6.07) is 2.86. The molecule has 0 saturated carbocycles. The Balaban J connectivity index is 2.56. The van der Waals surface area contributed by atoms with Crippen LogP contribution in [0.15, 0.2) is 18.2 Å². The standard InChI is InChI=1S/C12H15F2NO3/c1-2-15(5-6-16)12(17)8-18-11-4-3-9(13)7-10(11)14/h3-4,7,16H,2,5-6,8H2,1H3. The second-order valence-corrected chi connectivity index (χ2v) is 3.56. The maximum Gasteiger partial charge on any atom is 0.260 e. The minimum Gasteiger partial charge on any atom is -0.481 e. The number of benzene rings is 1. The Bertz CT molecular complexity index is 412. The Labute approximate surface area is 104 Å². The van der Waals surface area contributed by atoms with Crippen molar-refractivity contribution in [2.24, 2.45) is 0 Å². The van der Waals surface area contributed by atoms with Gasteiger partial charge in [-0.2, -0.15) is 0 Å². The third-order valence-electron chi connectivity index (χ3n) is 2.35. The molecule has 6 heteroatoms. The van der Waals surface area contributed by atoms with Crippen LogP contribution < -0.4 is 4.74 Å². The summed E-state index contributed by atoms with van der Waals surface area (Å²) in [5.74, 6) is -2.10. The van der Waals surface area contributed by atoms with Crippen molar-refractivity contribution in [2.75, 3.05) is 26.3 Å². The van der Waals surface area contributed by atoms with E-state index in [0.717, 1.165) is 12.1 Å². The predicted molar refractivity (Wildman–Crippen MR) is 61.2 cm³/mol. The molecule has 1 amide bonds. The monoisotopic (exact) mass is 259 g/mol. The molecule has 4 nitrogen and oxygen atoms in total. The predicted octanol–water partition coefficient (Wildman–Crippen LogP) is 1.18. The molecule has 0 aromatic heterocycles. The molecular formula is C12H15F2NO3. The summed E-state index contributed by atoms with van der Waals surface area (Å²) < 4.78 is 30.8. The van der Waals surface area contributed by atoms with E-state index in [2.05, 4.69) is 0 Å². The van der Waals surface area contributed by atoms with Gasteiger partial charge in [-0.15, -0.1) is 0 Å². The number of nitrogens with zero attached hydrogens (tertiary/aromatic N) is 1. The molecule has 0 spiro atoms. The molecular weight excluding hydrogens is 244 g/mol. The lowest BCUT2D eigenvalue weighted by atomic mass is 10.3. The second-order valence-electron chi connectivity index (χ2n) is 3.56. The maximum absolute atomic E-state index is 13.2. The van der Waals surface area contributed by atoms with Gasteiger partial charge in [-0.1, -0.05) is 0 Å². The first-order valence-corrected chi connectivity index (χ1v) is 5.55. The van der Waals surface area contributed by atoms with Crippen molar-refractivity contribution < 1.29 is 23.4 Å². The van der Waals surface area contributed by atoms with Gasteiger partial charge in [0.1, 0.15) is 5.82 Å². The van der Waals surface area contributed by atoms with E-state index in [-0.39, 0.29) is 31.4 Å². The maximum atomic E-state index is 13.2. The van der Waals surface area contributed by atoms with Crippen LogP contribution in [0.4, 0.5) is 8.78 Å². The SMILES string of the molecule is CCN(CCO)C(=O)COc1ccc(F)cc1F. The fourth-order valence-corrected chi connectivity index (χ4v) is 1.40. The molecule has 0 aliphatic heterocycles. The van der Waals surface area contributed by atoms with E-state index in [9.17, 15) is 13.6 Å². The number of ether oxygens (including phenoxy) is 1. The van der Waals surface area contributed by atoms with E-state index in [1.165, 1.54) is 4.90 Å². The lowest BCUT2D eigenvalue weighted by Crippen LogP contribution is -2.36. The number of hydrogen-bond acceptors (Lipinski definition) is 3. The number of halogens is 2. The molecule has 0 bridgehead atoms. The average molecular weight is 259 g/mol. The highest BCUT2D eigenvalue weighted by molar-refractivity contribution is 5.77. The van der Waals surface area contributed by atoms with E-state index in [4.69, 9.17) is 9.84 Å². The fourth-order valence-electron chi connectivity index (χ4n) is 1.40. The van der Waals surface area contributed by atoms with Crippen LogP contribution in [0.5, 0.6) is 5.75 Å². The molecule has 0 radical (unpaired) electrons. The van der Waals surface area contributed by atoms with Crippen molar-refractivity contribution in [3.63, 3.8) is 0 Å². The van der Waals surface area contributed by atoms with Gasteiger partial charge in [0, 0.05) is 19.2 Å². The number of carbonyl (C=O) groups excluding carboxylic acids is 1. The normalized spacial score (nSPS) is 10.2. The van der Waals surface area contributed by atoms with Crippen molar-refractivity contribution in [2.45, 2.75) is 6.92 Å². The van der Waals surface area contributed by atoms with Crippen LogP contribution in [0.2, 0.25) is 0 Å². The van der Waals surface area contributed by atoms with Gasteiger partial charge in [0.25, 0.3) is 5.91 Å². The van der Waals surface area contributed by atoms with E-state index < -0.39 is 11.6 Å². The molecule has 0 aliphatic rings. The fraction of sp³-hybridized carbons (Fsp3) is 0.417. The van der Waals surface area contributed by atoms with E-state index in [1.807, 2.05) is 0 Å². The van der Waals surface area contributed by atoms with Crippen molar-refractivity contribution in [3.8, 4) is 5.75 Å². The van der Waals surface area contributed by atoms with Crippen LogP contribution in [0, 0.1) is 11.6 Å². The number of aliphatic hydroxyl groups is 1. The number of carbonyl (C=O) groups is 1. The quantitative estimate of drug-likeness (QED) is 0.834. The molecule has 0 atom stereocenters. The topological polar surface area (TPSA) is 49.8 Å². The Morgan fingerprint density at radius 1 is 1.44 bits per heavy atom. The summed E-state index contributed by atoms with van der Waals surface area (Å²) in [5.41, 5.74) is 0. The minimum absolute atomic E-state index is 0.148. The van der Waals surface area contributed by atoms with Crippen molar-refractivity contribution in [3.05, 3.63) is 29.8 Å². The highest BCUT2D eigenvalue weighted by Crippen LogP contribution is 2.17. The molecule has 100 valence electrons. The van der Waals surface area contributed by atoms with Crippen LogP contribution >= 0.6 is 0 Å². The third-order valence-corrected chi connectivity index (χ3v) is 2.35.